The number of carbonyl (C=O) groups excluding carboxylic acids is 3. The molecule has 1 aromatic carbocycles. The molecule has 4 atom stereocenters. The maximum absolute atomic E-state index is 14.1. The van der Waals surface area contributed by atoms with Crippen LogP contribution in [-0.4, -0.2) is 43.4 Å². The van der Waals surface area contributed by atoms with E-state index in [1.165, 1.54) is 0 Å². The number of allylic oxidation sites excluding steroid dienone is 1. The number of phenols is 1. The number of fused-ring (bicyclic) bond motifs is 3. The molecule has 7 heteroatoms. The minimum atomic E-state index is -2.57. The number of ketones is 3. The predicted molar refractivity (Wildman–Crippen MR) is 125 cm³/mol. The summed E-state index contributed by atoms with van der Waals surface area (Å²) in [5.74, 6) is -5.01. The first-order valence-corrected chi connectivity index (χ1v) is 11.7. The third kappa shape index (κ3) is 2.70. The number of hydrogen-bond acceptors (Lipinski definition) is 7. The van der Waals surface area contributed by atoms with E-state index in [1.54, 1.807) is 33.8 Å². The van der Waals surface area contributed by atoms with E-state index >= 15 is 0 Å². The first-order valence-electron chi connectivity index (χ1n) is 11.7. The maximum atomic E-state index is 14.1. The van der Waals surface area contributed by atoms with Gasteiger partial charge in [-0.05, 0) is 43.2 Å². The van der Waals surface area contributed by atoms with Crippen molar-refractivity contribution in [2.45, 2.75) is 66.4 Å². The van der Waals surface area contributed by atoms with Crippen molar-refractivity contribution in [1.29, 1.82) is 0 Å². The van der Waals surface area contributed by atoms with Gasteiger partial charge in [0.2, 0.25) is 5.78 Å². The molecule has 3 aliphatic carbocycles. The van der Waals surface area contributed by atoms with Crippen molar-refractivity contribution in [2.24, 2.45) is 22.7 Å². The van der Waals surface area contributed by atoms with Crippen molar-refractivity contribution in [3.63, 3.8) is 0 Å². The average Bonchev–Trinajstić information content (AvgIpc) is 2.70. The molecular weight excluding hydrogens is 436 g/mol. The summed E-state index contributed by atoms with van der Waals surface area (Å²) >= 11 is 0. The number of aryl methyl sites for hydroxylation is 1. The van der Waals surface area contributed by atoms with Gasteiger partial charge in [0.1, 0.15) is 22.8 Å². The minimum absolute atomic E-state index is 0.0984. The summed E-state index contributed by atoms with van der Waals surface area (Å²) < 4.78 is 0. The topological polar surface area (TPSA) is 132 Å². The van der Waals surface area contributed by atoms with Gasteiger partial charge < -0.3 is 20.4 Å². The first kappa shape index (κ1) is 24.2. The summed E-state index contributed by atoms with van der Waals surface area (Å²) in [6.07, 6.45) is 0.902. The third-order valence-electron chi connectivity index (χ3n) is 8.34. The van der Waals surface area contributed by atoms with Crippen LogP contribution in [0.25, 0.3) is 5.76 Å². The van der Waals surface area contributed by atoms with E-state index < -0.39 is 56.8 Å². The van der Waals surface area contributed by atoms with Gasteiger partial charge in [0.15, 0.2) is 17.2 Å². The van der Waals surface area contributed by atoms with Crippen LogP contribution in [0, 0.1) is 22.7 Å². The van der Waals surface area contributed by atoms with Crippen molar-refractivity contribution in [1.82, 2.24) is 0 Å². The molecule has 4 rings (SSSR count). The molecule has 1 aromatic rings. The van der Waals surface area contributed by atoms with Crippen LogP contribution in [0.5, 0.6) is 5.75 Å². The predicted octanol–water partition coefficient (Wildman–Crippen LogP) is 3.75. The number of carbonyl (C=O) groups is 3. The molecule has 0 radical (unpaired) electrons. The Morgan fingerprint density at radius 2 is 1.76 bits per heavy atom. The van der Waals surface area contributed by atoms with Crippen LogP contribution >= 0.6 is 0 Å². The second-order valence-corrected chi connectivity index (χ2v) is 10.9. The molecule has 1 saturated carbocycles. The van der Waals surface area contributed by atoms with Crippen LogP contribution in [0.1, 0.15) is 64.7 Å². The molecule has 0 spiro atoms. The molecule has 7 nitrogen and oxygen atoms in total. The fraction of sp³-hybridized carbons (Fsp3) is 0.519. The molecule has 0 amide bonds. The molecule has 4 N–H and O–H groups in total. The van der Waals surface area contributed by atoms with Gasteiger partial charge in [-0.1, -0.05) is 46.8 Å². The smallest absolute Gasteiger partial charge is 0.203 e. The number of aromatic hydroxyl groups is 1. The lowest BCUT2D eigenvalue weighted by atomic mass is 9.43. The van der Waals surface area contributed by atoms with E-state index in [-0.39, 0.29) is 29.2 Å². The number of hydrogen-bond donors (Lipinski definition) is 4. The Morgan fingerprint density at radius 1 is 1.15 bits per heavy atom. The quantitative estimate of drug-likeness (QED) is 0.497. The molecule has 1 unspecified atom stereocenters. The summed E-state index contributed by atoms with van der Waals surface area (Å²) in [6.45, 7) is 9.93. The molecule has 34 heavy (non-hydrogen) atoms. The normalized spacial score (nSPS) is 33.1. The molecule has 3 aliphatic rings. The van der Waals surface area contributed by atoms with Crippen LogP contribution < -0.4 is 0 Å². The van der Waals surface area contributed by atoms with Crippen LogP contribution in [0.15, 0.2) is 29.0 Å². The highest BCUT2D eigenvalue weighted by Gasteiger charge is 2.72. The summed E-state index contributed by atoms with van der Waals surface area (Å²) in [4.78, 5) is 39.9. The summed E-state index contributed by atoms with van der Waals surface area (Å²) in [5.41, 5.74) is -4.24. The largest absolute Gasteiger partial charge is 0.508 e. The zero-order valence-electron chi connectivity index (χ0n) is 20.4. The van der Waals surface area contributed by atoms with Gasteiger partial charge in [-0.25, -0.2) is 0 Å². The number of aliphatic hydroxyl groups excluding tert-OH is 2. The third-order valence-corrected chi connectivity index (χ3v) is 8.34. The molecule has 0 aromatic heterocycles. The maximum Gasteiger partial charge on any atom is 0.203 e. The lowest BCUT2D eigenvalue weighted by Crippen LogP contribution is -2.69. The van der Waals surface area contributed by atoms with Gasteiger partial charge >= 0.3 is 0 Å². The van der Waals surface area contributed by atoms with Gasteiger partial charge in [-0.3, -0.25) is 14.4 Å². The fourth-order valence-corrected chi connectivity index (χ4v) is 7.04. The monoisotopic (exact) mass is 468 g/mol. The van der Waals surface area contributed by atoms with E-state index in [1.807, 2.05) is 13.0 Å². The standard InChI is InChI=1S/C27H32O7/c1-7-14-8-9-15-10-25(5)11-26(6)18(12(2)3)21(30)16(13(4)28)23(32)27(26,34)24(33)19(25)22(31)17(15)20(14)29/h8-9,12,18,29,31-32,34H,7,10-11H2,1-6H3/t18?,25-,26-,27+/m1/s1. The first-order chi connectivity index (χ1) is 15.7. The van der Waals surface area contributed by atoms with Crippen LogP contribution in [0.3, 0.4) is 0 Å². The second-order valence-electron chi connectivity index (χ2n) is 10.9. The highest BCUT2D eigenvalue weighted by atomic mass is 16.3. The van der Waals surface area contributed by atoms with Crippen molar-refractivity contribution in [2.75, 3.05) is 0 Å². The highest BCUT2D eigenvalue weighted by molar-refractivity contribution is 6.24. The van der Waals surface area contributed by atoms with Crippen LogP contribution in [0.4, 0.5) is 0 Å². The van der Waals surface area contributed by atoms with Crippen molar-refractivity contribution < 1.29 is 34.8 Å². The molecule has 0 bridgehead atoms. The zero-order valence-corrected chi connectivity index (χ0v) is 20.4. The van der Waals surface area contributed by atoms with E-state index in [9.17, 15) is 34.8 Å². The molecule has 0 heterocycles. The summed E-state index contributed by atoms with van der Waals surface area (Å²) in [5, 5.41) is 45.2. The lowest BCUT2D eigenvalue weighted by molar-refractivity contribution is -0.178. The zero-order chi connectivity index (χ0) is 25.5. The minimum Gasteiger partial charge on any atom is -0.508 e. The highest BCUT2D eigenvalue weighted by Crippen LogP contribution is 2.64. The van der Waals surface area contributed by atoms with Crippen LogP contribution in [0.2, 0.25) is 0 Å². The number of phenolic OH excluding ortho intramolecular Hbond substituents is 1. The van der Waals surface area contributed by atoms with Gasteiger partial charge in [-0.2, -0.15) is 0 Å². The number of Topliss-reactive ketones (excluding diaryl/α,β-unsaturated/α-hetero) is 3. The molecule has 0 aliphatic heterocycles. The van der Waals surface area contributed by atoms with Gasteiger partial charge in [-0.15, -0.1) is 0 Å². The average molecular weight is 469 g/mol. The summed E-state index contributed by atoms with van der Waals surface area (Å²) in [7, 11) is 0. The molecule has 182 valence electrons. The Morgan fingerprint density at radius 3 is 2.29 bits per heavy atom. The number of benzene rings is 1. The number of rotatable bonds is 3. The Bertz CT molecular complexity index is 1220. The van der Waals surface area contributed by atoms with Crippen molar-refractivity contribution in [3.05, 3.63) is 45.7 Å². The Labute approximate surface area is 198 Å². The molecule has 1 fully saturated rings. The SMILES string of the molecule is CCc1ccc2c(c1O)C(O)=C1C(=O)[C@@]3(O)C(O)=C(C(C)=O)C(=O)C(C(C)C)[C@@]3(C)C[C@@]1(C)C2. The number of aliphatic hydroxyl groups is 3. The Kier molecular flexibility index (Phi) is 5.18. The molecule has 0 saturated heterocycles. The second kappa shape index (κ2) is 7.28. The van der Waals surface area contributed by atoms with E-state index in [0.717, 1.165) is 6.92 Å². The lowest BCUT2D eigenvalue weighted by Gasteiger charge is -2.59. The fourth-order valence-electron chi connectivity index (χ4n) is 7.04. The Hall–Kier alpha value is -2.93. The van der Waals surface area contributed by atoms with Crippen molar-refractivity contribution >= 4 is 23.1 Å². The van der Waals surface area contributed by atoms with Gasteiger partial charge in [0, 0.05) is 22.3 Å². The van der Waals surface area contributed by atoms with Gasteiger partial charge in [0.25, 0.3) is 0 Å². The Balaban J connectivity index is 2.08. The van der Waals surface area contributed by atoms with Gasteiger partial charge in [0.05, 0.1) is 5.56 Å². The van der Waals surface area contributed by atoms with E-state index in [0.29, 0.717) is 24.0 Å². The van der Waals surface area contributed by atoms with E-state index in [4.69, 9.17) is 0 Å². The summed E-state index contributed by atoms with van der Waals surface area (Å²) in [6, 6.07) is 3.60. The molecular formula is C27H32O7. The van der Waals surface area contributed by atoms with Crippen molar-refractivity contribution in [3.8, 4) is 5.75 Å². The van der Waals surface area contributed by atoms with E-state index in [2.05, 4.69) is 0 Å². The van der Waals surface area contributed by atoms with Crippen LogP contribution in [-0.2, 0) is 27.2 Å².